The number of alkyl carbamates (subject to hydrolysis) is 1. The van der Waals surface area contributed by atoms with E-state index in [1.807, 2.05) is 48.5 Å². The molecule has 1 saturated carbocycles. The highest BCUT2D eigenvalue weighted by Crippen LogP contribution is 2.44. The van der Waals surface area contributed by atoms with Crippen LogP contribution in [0.4, 0.5) is 18.0 Å². The van der Waals surface area contributed by atoms with Gasteiger partial charge in [0.15, 0.2) is 0 Å². The third kappa shape index (κ3) is 5.75. The van der Waals surface area contributed by atoms with Crippen LogP contribution in [0.5, 0.6) is 0 Å². The molecule has 2 aromatic rings. The Kier molecular flexibility index (Phi) is 7.00. The normalized spacial score (nSPS) is 15.6. The maximum absolute atomic E-state index is 13.7. The summed E-state index contributed by atoms with van der Waals surface area (Å²) in [4.78, 5) is 36.9. The summed E-state index contributed by atoms with van der Waals surface area (Å²) in [6, 6.07) is 12.2. The monoisotopic (exact) mass is 490 g/mol. The topological polar surface area (TPSA) is 95.9 Å². The summed E-state index contributed by atoms with van der Waals surface area (Å²) in [6.45, 7) is -0.557. The number of carbonyl (C=O) groups excluding carboxylic acids is 2. The summed E-state index contributed by atoms with van der Waals surface area (Å²) in [5.41, 5.74) is 3.73. The van der Waals surface area contributed by atoms with Crippen LogP contribution in [-0.2, 0) is 14.3 Å². The zero-order chi connectivity index (χ0) is 25.2. The molecule has 2 aliphatic rings. The third-order valence-corrected chi connectivity index (χ3v) is 6.26. The van der Waals surface area contributed by atoms with E-state index in [2.05, 4.69) is 0 Å². The van der Waals surface area contributed by atoms with E-state index in [4.69, 9.17) is 9.84 Å². The van der Waals surface area contributed by atoms with Crippen LogP contribution in [0.1, 0.15) is 36.3 Å². The lowest BCUT2D eigenvalue weighted by Gasteiger charge is -2.28. The second-order valence-corrected chi connectivity index (χ2v) is 8.82. The molecule has 2 N–H and O–H groups in total. The number of nitrogens with one attached hydrogen (secondary N) is 1. The Balaban J connectivity index is 1.44. The quantitative estimate of drug-likeness (QED) is 0.550. The van der Waals surface area contributed by atoms with Gasteiger partial charge in [-0.3, -0.25) is 9.59 Å². The minimum absolute atomic E-state index is 0.0189. The van der Waals surface area contributed by atoms with Crippen molar-refractivity contribution in [1.82, 2.24) is 10.2 Å². The van der Waals surface area contributed by atoms with Crippen molar-refractivity contribution < 1.29 is 37.4 Å². The first-order valence-corrected chi connectivity index (χ1v) is 11.3. The number of hydrogen-bond acceptors (Lipinski definition) is 4. The molecule has 2 aromatic carbocycles. The van der Waals surface area contributed by atoms with Crippen LogP contribution in [0.25, 0.3) is 11.1 Å². The number of aliphatic carboxylic acids is 1. The fourth-order valence-electron chi connectivity index (χ4n) is 4.36. The molecule has 1 unspecified atom stereocenters. The Bertz CT molecular complexity index is 1070. The van der Waals surface area contributed by atoms with Gasteiger partial charge in [-0.1, -0.05) is 48.5 Å². The van der Waals surface area contributed by atoms with Gasteiger partial charge in [-0.2, -0.15) is 13.2 Å². The second kappa shape index (κ2) is 9.97. The van der Waals surface area contributed by atoms with Crippen LogP contribution < -0.4 is 5.32 Å². The molecule has 0 spiro atoms. The highest BCUT2D eigenvalue weighted by atomic mass is 19.4. The van der Waals surface area contributed by atoms with E-state index >= 15 is 0 Å². The molecule has 0 aromatic heterocycles. The van der Waals surface area contributed by atoms with E-state index in [0.29, 0.717) is 0 Å². The van der Waals surface area contributed by atoms with Gasteiger partial charge in [0.1, 0.15) is 6.61 Å². The molecule has 0 aliphatic heterocycles. The second-order valence-electron chi connectivity index (χ2n) is 8.82. The van der Waals surface area contributed by atoms with Crippen LogP contribution >= 0.6 is 0 Å². The number of ether oxygens (including phenoxy) is 1. The molecule has 2 aliphatic carbocycles. The minimum atomic E-state index is -5.08. The fourth-order valence-corrected chi connectivity index (χ4v) is 4.36. The van der Waals surface area contributed by atoms with Crippen molar-refractivity contribution in [2.75, 3.05) is 19.7 Å². The number of halogens is 3. The van der Waals surface area contributed by atoms with Gasteiger partial charge in [0.2, 0.25) is 6.04 Å². The van der Waals surface area contributed by atoms with Gasteiger partial charge in [-0.25, -0.2) is 4.79 Å². The van der Waals surface area contributed by atoms with Gasteiger partial charge in [-0.15, -0.1) is 0 Å². The van der Waals surface area contributed by atoms with Gasteiger partial charge in [0.25, 0.3) is 5.91 Å². The van der Waals surface area contributed by atoms with Crippen LogP contribution in [0.15, 0.2) is 48.5 Å². The van der Waals surface area contributed by atoms with Crippen LogP contribution in [0.3, 0.4) is 0 Å². The average molecular weight is 490 g/mol. The molecule has 0 radical (unpaired) electrons. The fraction of sp³-hybridized carbons (Fsp3) is 0.400. The third-order valence-electron chi connectivity index (χ3n) is 6.26. The van der Waals surface area contributed by atoms with Gasteiger partial charge < -0.3 is 20.1 Å². The predicted octanol–water partition coefficient (Wildman–Crippen LogP) is 4.17. The molecule has 7 nitrogen and oxygen atoms in total. The van der Waals surface area contributed by atoms with E-state index < -0.39 is 36.6 Å². The van der Waals surface area contributed by atoms with Crippen molar-refractivity contribution in [2.24, 2.45) is 5.92 Å². The van der Waals surface area contributed by atoms with Gasteiger partial charge in [-0.05, 0) is 41.0 Å². The SMILES string of the molecule is O=C(O)CCN(CC1CC1)C(=O)C(NC(=O)OCC1c2ccccc2-c2ccccc21)C(F)(F)F. The Morgan fingerprint density at radius 3 is 2.11 bits per heavy atom. The molecule has 1 atom stereocenters. The smallest absolute Gasteiger partial charge is 0.417 e. The van der Waals surface area contributed by atoms with Crippen molar-refractivity contribution in [1.29, 1.82) is 0 Å². The summed E-state index contributed by atoms with van der Waals surface area (Å²) >= 11 is 0. The summed E-state index contributed by atoms with van der Waals surface area (Å²) in [6.07, 6.45) is -5.42. The number of benzene rings is 2. The summed E-state index contributed by atoms with van der Waals surface area (Å²) in [5.74, 6) is -2.93. The van der Waals surface area contributed by atoms with Crippen molar-refractivity contribution in [3.63, 3.8) is 0 Å². The van der Waals surface area contributed by atoms with Crippen LogP contribution in [-0.4, -0.2) is 59.9 Å². The minimum Gasteiger partial charge on any atom is -0.481 e. The number of fused-ring (bicyclic) bond motifs is 3. The maximum Gasteiger partial charge on any atom is 0.417 e. The van der Waals surface area contributed by atoms with Gasteiger partial charge in [0.05, 0.1) is 6.42 Å². The Labute approximate surface area is 199 Å². The molecule has 0 bridgehead atoms. The van der Waals surface area contributed by atoms with Crippen molar-refractivity contribution >= 4 is 18.0 Å². The van der Waals surface area contributed by atoms with Crippen LogP contribution in [0.2, 0.25) is 0 Å². The highest BCUT2D eigenvalue weighted by Gasteiger charge is 2.48. The number of hydrogen-bond donors (Lipinski definition) is 2. The molecule has 2 amide bonds. The first-order valence-electron chi connectivity index (χ1n) is 11.3. The molecule has 186 valence electrons. The molecular formula is C25H25F3N2O5. The van der Waals surface area contributed by atoms with E-state index in [1.165, 1.54) is 0 Å². The summed E-state index contributed by atoms with van der Waals surface area (Å²) in [5, 5.41) is 10.6. The van der Waals surface area contributed by atoms with E-state index in [-0.39, 0.29) is 31.5 Å². The average Bonchev–Trinajstić information content (AvgIpc) is 3.58. The van der Waals surface area contributed by atoms with E-state index in [1.54, 1.807) is 5.32 Å². The van der Waals surface area contributed by atoms with Crippen LogP contribution in [0, 0.1) is 5.92 Å². The first kappa shape index (κ1) is 24.6. The molecule has 0 heterocycles. The number of nitrogens with zero attached hydrogens (tertiary/aromatic N) is 1. The Hall–Kier alpha value is -3.56. The zero-order valence-electron chi connectivity index (χ0n) is 18.8. The molecule has 35 heavy (non-hydrogen) atoms. The lowest BCUT2D eigenvalue weighted by Crippen LogP contribution is -2.56. The van der Waals surface area contributed by atoms with E-state index in [9.17, 15) is 27.6 Å². The molecule has 4 rings (SSSR count). The number of alkyl halides is 3. The van der Waals surface area contributed by atoms with Crippen molar-refractivity contribution in [2.45, 2.75) is 37.4 Å². The Morgan fingerprint density at radius 2 is 1.60 bits per heavy atom. The Morgan fingerprint density at radius 1 is 1.03 bits per heavy atom. The van der Waals surface area contributed by atoms with Gasteiger partial charge >= 0.3 is 18.2 Å². The van der Waals surface area contributed by atoms with E-state index in [0.717, 1.165) is 40.0 Å². The predicted molar refractivity (Wildman–Crippen MR) is 120 cm³/mol. The number of carboxylic acids is 1. The number of carbonyl (C=O) groups is 3. The largest absolute Gasteiger partial charge is 0.481 e. The first-order chi connectivity index (χ1) is 16.6. The standard InChI is InChI=1S/C25H25F3N2O5/c26-25(27,28)22(23(33)30(12-11-21(31)32)13-15-9-10-15)29-24(34)35-14-20-18-7-3-1-5-16(18)17-6-2-4-8-19(17)20/h1-8,15,20,22H,9-14H2,(H,29,34)(H,31,32). The summed E-state index contributed by atoms with van der Waals surface area (Å²) < 4.78 is 46.4. The molecule has 1 fully saturated rings. The molecular weight excluding hydrogens is 465 g/mol. The lowest BCUT2D eigenvalue weighted by molar-refractivity contribution is -0.174. The molecule has 10 heteroatoms. The highest BCUT2D eigenvalue weighted by molar-refractivity contribution is 5.87. The van der Waals surface area contributed by atoms with Crippen molar-refractivity contribution in [3.8, 4) is 11.1 Å². The number of rotatable bonds is 9. The number of amides is 2. The zero-order valence-corrected chi connectivity index (χ0v) is 18.8. The van der Waals surface area contributed by atoms with Gasteiger partial charge in [0, 0.05) is 19.0 Å². The lowest BCUT2D eigenvalue weighted by atomic mass is 9.98. The number of carboxylic acid groups (broad SMARTS) is 1. The van der Waals surface area contributed by atoms with Crippen molar-refractivity contribution in [3.05, 3.63) is 59.7 Å². The maximum atomic E-state index is 13.7. The summed E-state index contributed by atoms with van der Waals surface area (Å²) in [7, 11) is 0. The molecule has 0 saturated heterocycles.